The summed E-state index contributed by atoms with van der Waals surface area (Å²) >= 11 is 0. The Hall–Kier alpha value is -2.04. The van der Waals surface area contributed by atoms with Crippen LogP contribution in [0, 0.1) is 0 Å². The highest BCUT2D eigenvalue weighted by Gasteiger charge is 2.21. The van der Waals surface area contributed by atoms with Gasteiger partial charge in [0.2, 0.25) is 5.91 Å². The van der Waals surface area contributed by atoms with E-state index in [2.05, 4.69) is 5.32 Å². The van der Waals surface area contributed by atoms with E-state index in [9.17, 15) is 9.59 Å². The lowest BCUT2D eigenvalue weighted by atomic mass is 9.99. The van der Waals surface area contributed by atoms with Crippen LogP contribution in [0.5, 0.6) is 0 Å². The van der Waals surface area contributed by atoms with E-state index in [0.717, 1.165) is 5.56 Å². The van der Waals surface area contributed by atoms with Crippen LogP contribution in [-0.4, -0.2) is 25.2 Å². The second-order valence-electron chi connectivity index (χ2n) is 3.49. The summed E-state index contributed by atoms with van der Waals surface area (Å²) in [4.78, 5) is 22.4. The number of amides is 2. The maximum atomic E-state index is 11.8. The minimum absolute atomic E-state index is 0.0504. The van der Waals surface area contributed by atoms with E-state index in [4.69, 9.17) is 10.5 Å². The van der Waals surface area contributed by atoms with Crippen molar-refractivity contribution in [2.45, 2.75) is 12.8 Å². The zero-order chi connectivity index (χ0) is 12.7. The van der Waals surface area contributed by atoms with Crippen molar-refractivity contribution >= 4 is 12.0 Å². The molecule has 0 aliphatic carbocycles. The number of hydrogen-bond donors (Lipinski definition) is 2. The number of nitrogens with one attached hydrogen (secondary N) is 1. The van der Waals surface area contributed by atoms with Crippen molar-refractivity contribution in [3.8, 4) is 0 Å². The van der Waals surface area contributed by atoms with Crippen molar-refractivity contribution in [1.82, 2.24) is 5.32 Å². The first kappa shape index (κ1) is 13.0. The number of carbonyl (C=O) groups excluding carboxylic acids is 2. The maximum absolute atomic E-state index is 11.8. The Kier molecular flexibility index (Phi) is 5.00. The van der Waals surface area contributed by atoms with Crippen LogP contribution >= 0.6 is 0 Å². The van der Waals surface area contributed by atoms with Gasteiger partial charge in [0.15, 0.2) is 0 Å². The molecule has 1 rings (SSSR count). The van der Waals surface area contributed by atoms with Crippen molar-refractivity contribution in [3.05, 3.63) is 35.9 Å². The molecular formula is C12H16N2O3. The molecule has 0 saturated carbocycles. The van der Waals surface area contributed by atoms with Crippen LogP contribution in [0.15, 0.2) is 30.3 Å². The summed E-state index contributed by atoms with van der Waals surface area (Å²) in [5.74, 6) is -0.705. The highest BCUT2D eigenvalue weighted by molar-refractivity contribution is 5.84. The number of ether oxygens (including phenoxy) is 1. The molecular weight excluding hydrogens is 220 g/mol. The van der Waals surface area contributed by atoms with Gasteiger partial charge < -0.3 is 15.8 Å². The summed E-state index contributed by atoms with van der Waals surface area (Å²) in [5, 5.41) is 2.70. The number of primary amides is 1. The topological polar surface area (TPSA) is 81.4 Å². The third kappa shape index (κ3) is 4.14. The van der Waals surface area contributed by atoms with E-state index in [0.29, 0.717) is 6.54 Å². The SMILES string of the molecule is CCNC(=O)C(COC(N)=O)c1ccccc1. The molecule has 0 bridgehead atoms. The molecule has 0 fully saturated rings. The molecule has 2 amide bonds. The Labute approximate surface area is 99.9 Å². The first-order valence-electron chi connectivity index (χ1n) is 5.40. The predicted molar refractivity (Wildman–Crippen MR) is 63.4 cm³/mol. The van der Waals surface area contributed by atoms with Crippen LogP contribution in [0.2, 0.25) is 0 Å². The van der Waals surface area contributed by atoms with Crippen LogP contribution in [-0.2, 0) is 9.53 Å². The molecule has 0 saturated heterocycles. The van der Waals surface area contributed by atoms with Gasteiger partial charge in [0.25, 0.3) is 0 Å². The lowest BCUT2D eigenvalue weighted by Gasteiger charge is -2.16. The fraction of sp³-hybridized carbons (Fsp3) is 0.333. The second kappa shape index (κ2) is 6.52. The molecule has 1 aromatic rings. The van der Waals surface area contributed by atoms with Crippen molar-refractivity contribution in [1.29, 1.82) is 0 Å². The highest BCUT2D eigenvalue weighted by Crippen LogP contribution is 2.16. The fourth-order valence-corrected chi connectivity index (χ4v) is 1.47. The van der Waals surface area contributed by atoms with Crippen LogP contribution in [0.3, 0.4) is 0 Å². The summed E-state index contributed by atoms with van der Waals surface area (Å²) in [7, 11) is 0. The third-order valence-corrected chi connectivity index (χ3v) is 2.26. The molecule has 0 aromatic heterocycles. The first-order valence-corrected chi connectivity index (χ1v) is 5.40. The normalized spacial score (nSPS) is 11.6. The molecule has 0 aliphatic rings. The summed E-state index contributed by atoms with van der Waals surface area (Å²) < 4.78 is 4.70. The number of nitrogens with two attached hydrogens (primary N) is 1. The molecule has 5 heteroatoms. The molecule has 17 heavy (non-hydrogen) atoms. The second-order valence-corrected chi connectivity index (χ2v) is 3.49. The summed E-state index contributed by atoms with van der Waals surface area (Å²) in [5.41, 5.74) is 5.69. The van der Waals surface area contributed by atoms with Gasteiger partial charge in [-0.05, 0) is 12.5 Å². The van der Waals surface area contributed by atoms with Gasteiger partial charge in [-0.25, -0.2) is 4.79 Å². The molecule has 0 radical (unpaired) electrons. The monoisotopic (exact) mass is 236 g/mol. The number of rotatable bonds is 5. The Morgan fingerprint density at radius 2 is 2.00 bits per heavy atom. The molecule has 0 aliphatic heterocycles. The predicted octanol–water partition coefficient (Wildman–Crippen LogP) is 1.00. The number of benzene rings is 1. The molecule has 1 aromatic carbocycles. The number of likely N-dealkylation sites (N-methyl/N-ethyl adjacent to an activating group) is 1. The Balaban J connectivity index is 2.78. The van der Waals surface area contributed by atoms with Gasteiger partial charge >= 0.3 is 6.09 Å². The standard InChI is InChI=1S/C12H16N2O3/c1-2-14-11(15)10(8-17-12(13)16)9-6-4-3-5-7-9/h3-7,10H,2,8H2,1H3,(H2,13,16)(H,14,15). The molecule has 1 atom stereocenters. The third-order valence-electron chi connectivity index (χ3n) is 2.26. The quantitative estimate of drug-likeness (QED) is 0.800. The lowest BCUT2D eigenvalue weighted by molar-refractivity contribution is -0.123. The Morgan fingerprint density at radius 3 is 2.53 bits per heavy atom. The van der Waals surface area contributed by atoms with E-state index in [1.54, 1.807) is 0 Å². The van der Waals surface area contributed by atoms with Gasteiger partial charge in [0, 0.05) is 6.54 Å². The molecule has 5 nitrogen and oxygen atoms in total. The lowest BCUT2D eigenvalue weighted by Crippen LogP contribution is -2.32. The van der Waals surface area contributed by atoms with Crippen LogP contribution in [0.1, 0.15) is 18.4 Å². The average molecular weight is 236 g/mol. The summed E-state index contributed by atoms with van der Waals surface area (Å²) in [6, 6.07) is 9.12. The van der Waals surface area contributed by atoms with Gasteiger partial charge in [0.05, 0.1) is 5.92 Å². The molecule has 0 heterocycles. The molecule has 3 N–H and O–H groups in total. The van der Waals surface area contributed by atoms with Crippen molar-refractivity contribution in [2.75, 3.05) is 13.2 Å². The first-order chi connectivity index (χ1) is 8.15. The van der Waals surface area contributed by atoms with Gasteiger partial charge in [-0.2, -0.15) is 0 Å². The van der Waals surface area contributed by atoms with E-state index < -0.39 is 12.0 Å². The number of hydrogen-bond acceptors (Lipinski definition) is 3. The highest BCUT2D eigenvalue weighted by atomic mass is 16.5. The minimum atomic E-state index is -0.879. The number of carbonyl (C=O) groups is 2. The maximum Gasteiger partial charge on any atom is 0.404 e. The molecule has 0 spiro atoms. The van der Waals surface area contributed by atoms with Crippen LogP contribution < -0.4 is 11.1 Å². The molecule has 1 unspecified atom stereocenters. The molecule has 92 valence electrons. The fourth-order valence-electron chi connectivity index (χ4n) is 1.47. The van der Waals surface area contributed by atoms with Crippen molar-refractivity contribution < 1.29 is 14.3 Å². The van der Waals surface area contributed by atoms with E-state index in [-0.39, 0.29) is 12.5 Å². The van der Waals surface area contributed by atoms with Crippen molar-refractivity contribution in [3.63, 3.8) is 0 Å². The van der Waals surface area contributed by atoms with Gasteiger partial charge in [-0.15, -0.1) is 0 Å². The smallest absolute Gasteiger partial charge is 0.404 e. The van der Waals surface area contributed by atoms with Crippen LogP contribution in [0.4, 0.5) is 4.79 Å². The Morgan fingerprint density at radius 1 is 1.35 bits per heavy atom. The Bertz CT molecular complexity index is 379. The van der Waals surface area contributed by atoms with Gasteiger partial charge in [0.1, 0.15) is 6.61 Å². The average Bonchev–Trinajstić information content (AvgIpc) is 2.30. The minimum Gasteiger partial charge on any atom is -0.449 e. The zero-order valence-corrected chi connectivity index (χ0v) is 9.68. The van der Waals surface area contributed by atoms with Crippen LogP contribution in [0.25, 0.3) is 0 Å². The summed E-state index contributed by atoms with van der Waals surface area (Å²) in [6.07, 6.45) is -0.879. The zero-order valence-electron chi connectivity index (χ0n) is 9.68. The van der Waals surface area contributed by atoms with Gasteiger partial charge in [-0.3, -0.25) is 4.79 Å². The van der Waals surface area contributed by atoms with Crippen molar-refractivity contribution in [2.24, 2.45) is 5.73 Å². The van der Waals surface area contributed by atoms with E-state index in [1.165, 1.54) is 0 Å². The van der Waals surface area contributed by atoms with E-state index in [1.807, 2.05) is 37.3 Å². The van der Waals surface area contributed by atoms with E-state index >= 15 is 0 Å². The van der Waals surface area contributed by atoms with Gasteiger partial charge in [-0.1, -0.05) is 30.3 Å². The largest absolute Gasteiger partial charge is 0.449 e. The summed E-state index contributed by atoms with van der Waals surface area (Å²) in [6.45, 7) is 2.30.